The molecule has 0 unspecified atom stereocenters. The second-order valence-corrected chi connectivity index (χ2v) is 10.5. The lowest BCUT2D eigenvalue weighted by molar-refractivity contribution is 0.297. The van der Waals surface area contributed by atoms with Crippen LogP contribution in [-0.4, -0.2) is 25.6 Å². The van der Waals surface area contributed by atoms with Gasteiger partial charge in [-0.25, -0.2) is 9.37 Å². The van der Waals surface area contributed by atoms with Gasteiger partial charge in [0.25, 0.3) is 5.56 Å². The lowest BCUT2D eigenvalue weighted by Crippen LogP contribution is -2.29. The Labute approximate surface area is 215 Å². The summed E-state index contributed by atoms with van der Waals surface area (Å²) in [5.41, 5.74) is 5.27. The van der Waals surface area contributed by atoms with Gasteiger partial charge in [-0.3, -0.25) is 19.3 Å². The van der Waals surface area contributed by atoms with Crippen LogP contribution in [0.2, 0.25) is 0 Å². The summed E-state index contributed by atoms with van der Waals surface area (Å²) in [6, 6.07) is 11.0. The summed E-state index contributed by atoms with van der Waals surface area (Å²) in [7, 11) is 0. The third-order valence-corrected chi connectivity index (χ3v) is 7.76. The summed E-state index contributed by atoms with van der Waals surface area (Å²) in [6.45, 7) is 4.13. The van der Waals surface area contributed by atoms with E-state index in [0.717, 1.165) is 72.4 Å². The zero-order valence-electron chi connectivity index (χ0n) is 21.3. The van der Waals surface area contributed by atoms with Crippen LogP contribution in [0.3, 0.4) is 0 Å². The number of fused-ring (bicyclic) bond motifs is 1. The Morgan fingerprint density at radius 1 is 1.00 bits per heavy atom. The highest BCUT2D eigenvalue weighted by Gasteiger charge is 2.29. The molecule has 0 saturated heterocycles. The number of hydrogen-bond acceptors (Lipinski definition) is 5. The van der Waals surface area contributed by atoms with Crippen molar-refractivity contribution in [1.82, 2.24) is 19.5 Å². The van der Waals surface area contributed by atoms with Crippen LogP contribution in [-0.2, 0) is 6.54 Å². The van der Waals surface area contributed by atoms with E-state index in [-0.39, 0.29) is 35.9 Å². The van der Waals surface area contributed by atoms with Gasteiger partial charge in [0.15, 0.2) is 5.65 Å². The summed E-state index contributed by atoms with van der Waals surface area (Å²) >= 11 is 0. The maximum Gasteiger partial charge on any atom is 0.256 e. The van der Waals surface area contributed by atoms with Gasteiger partial charge >= 0.3 is 0 Å². The van der Waals surface area contributed by atoms with Crippen LogP contribution in [0.5, 0.6) is 5.75 Å². The van der Waals surface area contributed by atoms with Crippen molar-refractivity contribution >= 4 is 11.2 Å². The molecule has 0 N–H and O–H groups in total. The van der Waals surface area contributed by atoms with Gasteiger partial charge < -0.3 is 4.74 Å². The van der Waals surface area contributed by atoms with E-state index in [0.29, 0.717) is 11.2 Å². The number of nitrogens with zero attached hydrogens (tertiary/aromatic N) is 4. The first-order chi connectivity index (χ1) is 18.0. The van der Waals surface area contributed by atoms with Crippen molar-refractivity contribution in [2.24, 2.45) is 0 Å². The third kappa shape index (κ3) is 4.75. The van der Waals surface area contributed by atoms with Crippen LogP contribution in [0.15, 0.2) is 53.6 Å². The smallest absolute Gasteiger partial charge is 0.256 e. The highest BCUT2D eigenvalue weighted by atomic mass is 19.1. The zero-order chi connectivity index (χ0) is 25.5. The van der Waals surface area contributed by atoms with Crippen LogP contribution in [0.1, 0.15) is 78.4 Å². The van der Waals surface area contributed by atoms with Gasteiger partial charge in [0.05, 0.1) is 18.3 Å². The van der Waals surface area contributed by atoms with Crippen LogP contribution >= 0.6 is 0 Å². The Bertz CT molecular complexity index is 1500. The van der Waals surface area contributed by atoms with Crippen LogP contribution in [0.25, 0.3) is 11.2 Å². The number of pyridine rings is 2. The molecule has 2 aliphatic carbocycles. The normalized spacial score (nSPS) is 19.8. The molecule has 3 aromatic heterocycles. The van der Waals surface area contributed by atoms with Gasteiger partial charge in [-0.05, 0) is 99.6 Å². The molecule has 0 bridgehead atoms. The summed E-state index contributed by atoms with van der Waals surface area (Å²) in [4.78, 5) is 27.8. The molecule has 0 radical (unpaired) electrons. The maximum absolute atomic E-state index is 14.6. The fourth-order valence-electron chi connectivity index (χ4n) is 5.69. The van der Waals surface area contributed by atoms with Gasteiger partial charge in [-0.1, -0.05) is 12.1 Å². The minimum absolute atomic E-state index is 0.0547. The summed E-state index contributed by atoms with van der Waals surface area (Å²) in [6.07, 6.45) is 9.16. The van der Waals surface area contributed by atoms with Crippen molar-refractivity contribution in [3.05, 3.63) is 93.0 Å². The monoisotopic (exact) mass is 498 g/mol. The summed E-state index contributed by atoms with van der Waals surface area (Å²) in [5.74, 6) is 0.872. The Balaban J connectivity index is 1.34. The molecule has 0 amide bonds. The molecule has 0 aliphatic heterocycles. The number of rotatable bonds is 6. The van der Waals surface area contributed by atoms with Crippen LogP contribution in [0, 0.1) is 19.7 Å². The lowest BCUT2D eigenvalue weighted by Gasteiger charge is -2.30. The van der Waals surface area contributed by atoms with E-state index < -0.39 is 0 Å². The van der Waals surface area contributed by atoms with Crippen LogP contribution in [0.4, 0.5) is 4.39 Å². The first kappa shape index (κ1) is 23.8. The standard InChI is InChI=1S/C30H31FN4O2/c1-18-5-3-6-24(31)28(18)21-10-8-20(9-11-21)23-15-25-29(34-19(2)16-33-25)35(30(23)36)17-26-27(7-4-14-32-26)37-22-12-13-22/h3-7,14-16,20-22H,8-13,17H2,1-2H3. The molecule has 3 heterocycles. The minimum Gasteiger partial charge on any atom is -0.488 e. The highest BCUT2D eigenvalue weighted by molar-refractivity contribution is 5.71. The fourth-order valence-corrected chi connectivity index (χ4v) is 5.69. The lowest BCUT2D eigenvalue weighted by atomic mass is 9.75. The zero-order valence-corrected chi connectivity index (χ0v) is 21.3. The van der Waals surface area contributed by atoms with Crippen molar-refractivity contribution in [2.75, 3.05) is 0 Å². The molecular formula is C30H31FN4O2. The quantitative estimate of drug-likeness (QED) is 0.327. The van der Waals surface area contributed by atoms with Gasteiger partial charge in [0.2, 0.25) is 0 Å². The van der Waals surface area contributed by atoms with Crippen molar-refractivity contribution in [3.8, 4) is 5.75 Å². The molecule has 2 saturated carbocycles. The molecule has 2 fully saturated rings. The van der Waals surface area contributed by atoms with Gasteiger partial charge in [-0.2, -0.15) is 0 Å². The number of aryl methyl sites for hydroxylation is 2. The molecule has 7 heteroatoms. The Morgan fingerprint density at radius 2 is 1.78 bits per heavy atom. The minimum atomic E-state index is -0.123. The van der Waals surface area contributed by atoms with E-state index >= 15 is 0 Å². The van der Waals surface area contributed by atoms with Gasteiger partial charge in [-0.15, -0.1) is 0 Å². The molecular weight excluding hydrogens is 467 g/mol. The molecule has 37 heavy (non-hydrogen) atoms. The predicted molar refractivity (Wildman–Crippen MR) is 141 cm³/mol. The third-order valence-electron chi connectivity index (χ3n) is 7.76. The Morgan fingerprint density at radius 3 is 2.54 bits per heavy atom. The first-order valence-electron chi connectivity index (χ1n) is 13.2. The summed E-state index contributed by atoms with van der Waals surface area (Å²) in [5, 5.41) is 0. The molecule has 2 aliphatic rings. The predicted octanol–water partition coefficient (Wildman–Crippen LogP) is 5.97. The molecule has 6 rings (SSSR count). The van der Waals surface area contributed by atoms with Gasteiger partial charge in [0.1, 0.15) is 22.8 Å². The second kappa shape index (κ2) is 9.69. The largest absolute Gasteiger partial charge is 0.488 e. The molecule has 0 spiro atoms. The number of benzene rings is 1. The molecule has 1 aromatic carbocycles. The molecule has 0 atom stereocenters. The SMILES string of the molecule is Cc1cnc2cc(C3CCC(c4c(C)cccc4F)CC3)c(=O)n(Cc3ncccc3OC3CC3)c2n1. The average molecular weight is 499 g/mol. The number of aromatic nitrogens is 4. The van der Waals surface area contributed by atoms with E-state index in [2.05, 4.69) is 15.0 Å². The molecule has 190 valence electrons. The van der Waals surface area contributed by atoms with E-state index in [9.17, 15) is 9.18 Å². The van der Waals surface area contributed by atoms with E-state index in [4.69, 9.17) is 4.74 Å². The molecule has 4 aromatic rings. The Kier molecular flexibility index (Phi) is 6.22. The topological polar surface area (TPSA) is 69.9 Å². The van der Waals surface area contributed by atoms with E-state index in [1.54, 1.807) is 29.1 Å². The van der Waals surface area contributed by atoms with E-state index in [1.165, 1.54) is 0 Å². The van der Waals surface area contributed by atoms with Crippen molar-refractivity contribution in [1.29, 1.82) is 0 Å². The second-order valence-electron chi connectivity index (χ2n) is 10.5. The number of hydrogen-bond donors (Lipinski definition) is 0. The number of ether oxygens (including phenoxy) is 1. The average Bonchev–Trinajstić information content (AvgIpc) is 3.71. The first-order valence-corrected chi connectivity index (χ1v) is 13.2. The van der Waals surface area contributed by atoms with Gasteiger partial charge in [0, 0.05) is 18.0 Å². The Hall–Kier alpha value is -3.61. The van der Waals surface area contributed by atoms with Crippen molar-refractivity contribution < 1.29 is 9.13 Å². The van der Waals surface area contributed by atoms with Crippen LogP contribution < -0.4 is 10.3 Å². The molecule has 6 nitrogen and oxygen atoms in total. The number of halogens is 1. The maximum atomic E-state index is 14.6. The fraction of sp³-hybridized carbons (Fsp3) is 0.400. The highest BCUT2D eigenvalue weighted by Crippen LogP contribution is 2.41. The van der Waals surface area contributed by atoms with Crippen molar-refractivity contribution in [2.45, 2.75) is 76.9 Å². The summed E-state index contributed by atoms with van der Waals surface area (Å²) < 4.78 is 22.4. The van der Waals surface area contributed by atoms with Crippen molar-refractivity contribution in [3.63, 3.8) is 0 Å². The van der Waals surface area contributed by atoms with E-state index in [1.807, 2.05) is 38.1 Å².